The van der Waals surface area contributed by atoms with Gasteiger partial charge in [-0.3, -0.25) is 0 Å². The Balaban J connectivity index is 2.27. The Morgan fingerprint density at radius 2 is 2.06 bits per heavy atom. The molecule has 0 radical (unpaired) electrons. The summed E-state index contributed by atoms with van der Waals surface area (Å²) in [4.78, 5) is 2.27. The van der Waals surface area contributed by atoms with Gasteiger partial charge in [0.1, 0.15) is 12.4 Å². The van der Waals surface area contributed by atoms with Crippen LogP contribution in [0.5, 0.6) is 5.75 Å². The fourth-order valence-electron chi connectivity index (χ4n) is 2.12. The minimum Gasteiger partial charge on any atom is -0.490 e. The molecule has 0 atom stereocenters. The minimum atomic E-state index is 0.336. The maximum atomic E-state index is 5.64. The molecule has 0 aliphatic carbocycles. The van der Waals surface area contributed by atoms with E-state index in [0.717, 1.165) is 25.3 Å². The van der Waals surface area contributed by atoms with Gasteiger partial charge in [-0.25, -0.2) is 0 Å². The number of nitrogens with zero attached hydrogens (tertiary/aromatic N) is 1. The number of rotatable bonds is 1. The molecule has 2 nitrogen and oxygen atoms in total. The molecule has 0 spiro atoms. The van der Waals surface area contributed by atoms with Gasteiger partial charge < -0.3 is 9.64 Å². The van der Waals surface area contributed by atoms with Crippen molar-refractivity contribution in [3.05, 3.63) is 23.8 Å². The second kappa shape index (κ2) is 4.00. The number of hydrogen-bond acceptors (Lipinski definition) is 2. The molecule has 0 saturated heterocycles. The Kier molecular flexibility index (Phi) is 2.83. The van der Waals surface area contributed by atoms with E-state index in [1.54, 1.807) is 0 Å². The van der Waals surface area contributed by atoms with Crippen LogP contribution in [-0.4, -0.2) is 20.2 Å². The molecular formula is C14H21NO. The molecular weight excluding hydrogens is 198 g/mol. The summed E-state index contributed by atoms with van der Waals surface area (Å²) in [5.74, 6) is 1.02. The van der Waals surface area contributed by atoms with E-state index >= 15 is 0 Å². The summed E-state index contributed by atoms with van der Waals surface area (Å²) in [5.41, 5.74) is 2.96. The third-order valence-corrected chi connectivity index (χ3v) is 2.85. The molecule has 1 aromatic carbocycles. The largest absolute Gasteiger partial charge is 0.490 e. The van der Waals surface area contributed by atoms with E-state index < -0.39 is 0 Å². The SMILES string of the molecule is CN1CCOc2ccc(CC(C)(C)C)cc21. The summed E-state index contributed by atoms with van der Waals surface area (Å²) in [6.45, 7) is 8.58. The fourth-order valence-corrected chi connectivity index (χ4v) is 2.12. The van der Waals surface area contributed by atoms with Crippen LogP contribution < -0.4 is 9.64 Å². The average Bonchev–Trinajstić information content (AvgIpc) is 2.17. The van der Waals surface area contributed by atoms with Crippen molar-refractivity contribution >= 4 is 5.69 Å². The van der Waals surface area contributed by atoms with E-state index in [4.69, 9.17) is 4.74 Å². The Bertz CT molecular complexity index is 379. The number of benzene rings is 1. The van der Waals surface area contributed by atoms with Gasteiger partial charge in [0.2, 0.25) is 0 Å². The van der Waals surface area contributed by atoms with Gasteiger partial charge in [0.25, 0.3) is 0 Å². The normalized spacial score (nSPS) is 15.6. The molecule has 2 heteroatoms. The van der Waals surface area contributed by atoms with Crippen LogP contribution in [0, 0.1) is 5.41 Å². The Labute approximate surface area is 98.2 Å². The van der Waals surface area contributed by atoms with Crippen LogP contribution >= 0.6 is 0 Å². The van der Waals surface area contributed by atoms with Crippen LogP contribution in [0.2, 0.25) is 0 Å². The fraction of sp³-hybridized carbons (Fsp3) is 0.571. The molecule has 1 aliphatic rings. The first kappa shape index (κ1) is 11.3. The lowest BCUT2D eigenvalue weighted by Gasteiger charge is -2.29. The number of ether oxygens (including phenoxy) is 1. The predicted molar refractivity (Wildman–Crippen MR) is 68.4 cm³/mol. The molecule has 1 aromatic rings. The van der Waals surface area contributed by atoms with Crippen LogP contribution in [0.3, 0.4) is 0 Å². The van der Waals surface area contributed by atoms with Crippen LogP contribution in [0.1, 0.15) is 26.3 Å². The van der Waals surface area contributed by atoms with E-state index in [-0.39, 0.29) is 0 Å². The molecule has 0 amide bonds. The lowest BCUT2D eigenvalue weighted by atomic mass is 9.88. The summed E-state index contributed by atoms with van der Waals surface area (Å²) in [6.07, 6.45) is 1.11. The first-order valence-corrected chi connectivity index (χ1v) is 5.92. The maximum absolute atomic E-state index is 5.64. The van der Waals surface area contributed by atoms with Gasteiger partial charge in [0.15, 0.2) is 0 Å². The molecule has 0 saturated carbocycles. The summed E-state index contributed by atoms with van der Waals surface area (Å²) in [7, 11) is 2.13. The minimum absolute atomic E-state index is 0.336. The lowest BCUT2D eigenvalue weighted by Crippen LogP contribution is -2.28. The van der Waals surface area contributed by atoms with Crippen LogP contribution in [0.4, 0.5) is 5.69 Å². The molecule has 2 rings (SSSR count). The molecule has 16 heavy (non-hydrogen) atoms. The van der Waals surface area contributed by atoms with Crippen molar-refractivity contribution in [3.8, 4) is 5.75 Å². The van der Waals surface area contributed by atoms with Crippen molar-refractivity contribution in [3.63, 3.8) is 0 Å². The zero-order chi connectivity index (χ0) is 11.8. The van der Waals surface area contributed by atoms with Crippen LogP contribution in [0.15, 0.2) is 18.2 Å². The Morgan fingerprint density at radius 3 is 2.75 bits per heavy atom. The first-order valence-electron chi connectivity index (χ1n) is 5.92. The molecule has 0 fully saturated rings. The number of hydrogen-bond donors (Lipinski definition) is 0. The van der Waals surface area contributed by atoms with Gasteiger partial charge in [0.05, 0.1) is 12.2 Å². The van der Waals surface area contributed by atoms with Crippen molar-refractivity contribution in [2.75, 3.05) is 25.1 Å². The summed E-state index contributed by atoms with van der Waals surface area (Å²) >= 11 is 0. The van der Waals surface area contributed by atoms with E-state index in [1.807, 2.05) is 0 Å². The van der Waals surface area contributed by atoms with E-state index in [9.17, 15) is 0 Å². The monoisotopic (exact) mass is 219 g/mol. The Morgan fingerprint density at radius 1 is 1.31 bits per heavy atom. The summed E-state index contributed by atoms with van der Waals surface area (Å²) in [6, 6.07) is 6.55. The second-order valence-corrected chi connectivity index (χ2v) is 5.81. The average molecular weight is 219 g/mol. The first-order chi connectivity index (χ1) is 7.46. The second-order valence-electron chi connectivity index (χ2n) is 5.81. The quantitative estimate of drug-likeness (QED) is 0.719. The van der Waals surface area contributed by atoms with Gasteiger partial charge in [-0.05, 0) is 29.5 Å². The smallest absolute Gasteiger partial charge is 0.142 e. The van der Waals surface area contributed by atoms with Crippen molar-refractivity contribution in [2.45, 2.75) is 27.2 Å². The highest BCUT2D eigenvalue weighted by Gasteiger charge is 2.17. The number of likely N-dealkylation sites (N-methyl/N-ethyl adjacent to an activating group) is 1. The number of anilines is 1. The van der Waals surface area contributed by atoms with Crippen molar-refractivity contribution in [1.29, 1.82) is 0 Å². The van der Waals surface area contributed by atoms with E-state index in [2.05, 4.69) is 50.9 Å². The molecule has 0 bridgehead atoms. The summed E-state index contributed by atoms with van der Waals surface area (Å²) in [5, 5.41) is 0. The molecule has 88 valence electrons. The molecule has 1 aliphatic heterocycles. The standard InChI is InChI=1S/C14H21NO/c1-14(2,3)10-11-5-6-13-12(9-11)15(4)7-8-16-13/h5-6,9H,7-8,10H2,1-4H3. The van der Waals surface area contributed by atoms with E-state index in [1.165, 1.54) is 11.3 Å². The predicted octanol–water partition coefficient (Wildman–Crippen LogP) is 3.10. The van der Waals surface area contributed by atoms with Crippen LogP contribution in [0.25, 0.3) is 0 Å². The highest BCUT2D eigenvalue weighted by molar-refractivity contribution is 5.61. The third-order valence-electron chi connectivity index (χ3n) is 2.85. The highest BCUT2D eigenvalue weighted by Crippen LogP contribution is 2.33. The van der Waals surface area contributed by atoms with E-state index in [0.29, 0.717) is 5.41 Å². The van der Waals surface area contributed by atoms with Gasteiger partial charge in [-0.1, -0.05) is 26.8 Å². The van der Waals surface area contributed by atoms with Crippen molar-refractivity contribution in [1.82, 2.24) is 0 Å². The van der Waals surface area contributed by atoms with Gasteiger partial charge in [-0.15, -0.1) is 0 Å². The number of fused-ring (bicyclic) bond motifs is 1. The van der Waals surface area contributed by atoms with Gasteiger partial charge in [-0.2, -0.15) is 0 Å². The third kappa shape index (κ3) is 2.49. The lowest BCUT2D eigenvalue weighted by molar-refractivity contribution is 0.311. The van der Waals surface area contributed by atoms with Crippen LogP contribution in [-0.2, 0) is 6.42 Å². The van der Waals surface area contributed by atoms with Crippen molar-refractivity contribution in [2.24, 2.45) is 5.41 Å². The van der Waals surface area contributed by atoms with Gasteiger partial charge in [0, 0.05) is 7.05 Å². The highest BCUT2D eigenvalue weighted by atomic mass is 16.5. The zero-order valence-corrected chi connectivity index (χ0v) is 10.7. The summed E-state index contributed by atoms with van der Waals surface area (Å²) < 4.78 is 5.64. The Hall–Kier alpha value is -1.18. The zero-order valence-electron chi connectivity index (χ0n) is 10.7. The topological polar surface area (TPSA) is 12.5 Å². The maximum Gasteiger partial charge on any atom is 0.142 e. The van der Waals surface area contributed by atoms with Crippen molar-refractivity contribution < 1.29 is 4.74 Å². The molecule has 0 aromatic heterocycles. The molecule has 0 N–H and O–H groups in total. The molecule has 0 unspecified atom stereocenters. The van der Waals surface area contributed by atoms with Gasteiger partial charge >= 0.3 is 0 Å². The molecule has 1 heterocycles.